The maximum atomic E-state index is 11.7. The van der Waals surface area contributed by atoms with Gasteiger partial charge in [0.05, 0.1) is 0 Å². The van der Waals surface area contributed by atoms with Crippen LogP contribution in [0.25, 0.3) is 0 Å². The van der Waals surface area contributed by atoms with E-state index in [1.165, 1.54) is 6.42 Å². The van der Waals surface area contributed by atoms with Crippen molar-refractivity contribution in [3.63, 3.8) is 0 Å². The molecule has 0 spiro atoms. The standard InChI is InChI=1S/C17H34N4O/c1-7-15(22)21-9-8-14(11-21)20-16(18-6)19-12-17(4,5)10-13(2)3/h13-14H,7-12H2,1-6H3,(H2,18,19,20). The molecule has 0 bridgehead atoms. The Morgan fingerprint density at radius 1 is 1.41 bits per heavy atom. The number of hydrogen-bond donors (Lipinski definition) is 2. The van der Waals surface area contributed by atoms with Crippen LogP contribution in [0.5, 0.6) is 0 Å². The van der Waals surface area contributed by atoms with Gasteiger partial charge in [0.15, 0.2) is 5.96 Å². The summed E-state index contributed by atoms with van der Waals surface area (Å²) in [6.45, 7) is 13.5. The van der Waals surface area contributed by atoms with Crippen molar-refractivity contribution in [3.8, 4) is 0 Å². The first-order valence-electron chi connectivity index (χ1n) is 8.52. The predicted molar refractivity (Wildman–Crippen MR) is 93.0 cm³/mol. The second kappa shape index (κ2) is 8.39. The Kier molecular flexibility index (Phi) is 7.17. The fourth-order valence-corrected chi connectivity index (χ4v) is 3.22. The van der Waals surface area contributed by atoms with E-state index in [9.17, 15) is 4.79 Å². The molecule has 2 N–H and O–H groups in total. The highest BCUT2D eigenvalue weighted by Crippen LogP contribution is 2.24. The first kappa shape index (κ1) is 18.8. The van der Waals surface area contributed by atoms with Gasteiger partial charge in [0.2, 0.25) is 5.91 Å². The minimum absolute atomic E-state index is 0.241. The second-order valence-corrected chi connectivity index (χ2v) is 7.51. The van der Waals surface area contributed by atoms with Crippen LogP contribution >= 0.6 is 0 Å². The summed E-state index contributed by atoms with van der Waals surface area (Å²) in [5.41, 5.74) is 0.242. The van der Waals surface area contributed by atoms with Gasteiger partial charge in [-0.25, -0.2) is 0 Å². The third kappa shape index (κ3) is 6.24. The molecule has 128 valence electrons. The second-order valence-electron chi connectivity index (χ2n) is 7.51. The quantitative estimate of drug-likeness (QED) is 0.584. The van der Waals surface area contributed by atoms with Crippen molar-refractivity contribution in [2.24, 2.45) is 16.3 Å². The number of aliphatic imine (C=N–C) groups is 1. The van der Waals surface area contributed by atoms with Crippen LogP contribution in [0.4, 0.5) is 0 Å². The van der Waals surface area contributed by atoms with Crippen molar-refractivity contribution in [1.29, 1.82) is 0 Å². The summed E-state index contributed by atoms with van der Waals surface area (Å²) in [5.74, 6) is 1.77. The van der Waals surface area contributed by atoms with Crippen LogP contribution in [0.3, 0.4) is 0 Å². The number of nitrogens with one attached hydrogen (secondary N) is 2. The van der Waals surface area contributed by atoms with Crippen LogP contribution in [0.15, 0.2) is 4.99 Å². The van der Waals surface area contributed by atoms with Crippen molar-refractivity contribution in [1.82, 2.24) is 15.5 Å². The summed E-state index contributed by atoms with van der Waals surface area (Å²) >= 11 is 0. The largest absolute Gasteiger partial charge is 0.356 e. The van der Waals surface area contributed by atoms with Gasteiger partial charge in [-0.05, 0) is 24.2 Å². The molecule has 1 fully saturated rings. The molecule has 0 radical (unpaired) electrons. The molecule has 1 aliphatic rings. The lowest BCUT2D eigenvalue weighted by Crippen LogP contribution is -2.47. The molecule has 1 aliphatic heterocycles. The van der Waals surface area contributed by atoms with E-state index in [2.05, 4.69) is 43.3 Å². The Labute approximate surface area is 135 Å². The molecule has 1 unspecified atom stereocenters. The van der Waals surface area contributed by atoms with Crippen molar-refractivity contribution in [2.75, 3.05) is 26.7 Å². The van der Waals surface area contributed by atoms with Crippen molar-refractivity contribution in [2.45, 2.75) is 59.9 Å². The van der Waals surface area contributed by atoms with Gasteiger partial charge in [-0.15, -0.1) is 0 Å². The normalized spacial score (nSPS) is 19.7. The Balaban J connectivity index is 2.42. The van der Waals surface area contributed by atoms with Gasteiger partial charge < -0.3 is 15.5 Å². The number of amides is 1. The summed E-state index contributed by atoms with van der Waals surface area (Å²) in [6.07, 6.45) is 2.75. The maximum Gasteiger partial charge on any atom is 0.222 e. The lowest BCUT2D eigenvalue weighted by Gasteiger charge is -2.28. The molecule has 0 aliphatic carbocycles. The van der Waals surface area contributed by atoms with E-state index < -0.39 is 0 Å². The van der Waals surface area contributed by atoms with Crippen LogP contribution in [-0.4, -0.2) is 49.5 Å². The molecule has 0 aromatic rings. The summed E-state index contributed by atoms with van der Waals surface area (Å²) in [4.78, 5) is 18.0. The number of likely N-dealkylation sites (tertiary alicyclic amines) is 1. The minimum atomic E-state index is 0.241. The Hall–Kier alpha value is -1.26. The van der Waals surface area contributed by atoms with E-state index in [0.717, 1.165) is 32.0 Å². The van der Waals surface area contributed by atoms with E-state index in [4.69, 9.17) is 0 Å². The van der Waals surface area contributed by atoms with Gasteiger partial charge >= 0.3 is 0 Å². The van der Waals surface area contributed by atoms with Crippen molar-refractivity contribution in [3.05, 3.63) is 0 Å². The molecule has 5 heteroatoms. The molecule has 1 atom stereocenters. The smallest absolute Gasteiger partial charge is 0.222 e. The lowest BCUT2D eigenvalue weighted by molar-refractivity contribution is -0.129. The molecule has 1 heterocycles. The van der Waals surface area contributed by atoms with E-state index >= 15 is 0 Å². The highest BCUT2D eigenvalue weighted by molar-refractivity contribution is 5.80. The van der Waals surface area contributed by atoms with Gasteiger partial charge in [-0.1, -0.05) is 34.6 Å². The van der Waals surface area contributed by atoms with Gasteiger partial charge in [0, 0.05) is 39.1 Å². The molecule has 1 amide bonds. The molecule has 1 rings (SSSR count). The number of hydrogen-bond acceptors (Lipinski definition) is 2. The molecule has 0 aromatic heterocycles. The zero-order chi connectivity index (χ0) is 16.8. The van der Waals surface area contributed by atoms with Gasteiger partial charge in [-0.2, -0.15) is 0 Å². The summed E-state index contributed by atoms with van der Waals surface area (Å²) in [7, 11) is 1.80. The number of carbonyl (C=O) groups is 1. The Morgan fingerprint density at radius 3 is 2.64 bits per heavy atom. The van der Waals surface area contributed by atoms with Crippen molar-refractivity contribution < 1.29 is 4.79 Å². The fraction of sp³-hybridized carbons (Fsp3) is 0.882. The molecule has 5 nitrogen and oxygen atoms in total. The van der Waals surface area contributed by atoms with Crippen LogP contribution in [0, 0.1) is 11.3 Å². The maximum absolute atomic E-state index is 11.7. The number of nitrogens with zero attached hydrogens (tertiary/aromatic N) is 2. The van der Waals surface area contributed by atoms with E-state index in [1.807, 2.05) is 11.8 Å². The van der Waals surface area contributed by atoms with Crippen LogP contribution in [0.1, 0.15) is 53.9 Å². The van der Waals surface area contributed by atoms with Gasteiger partial charge in [0.1, 0.15) is 0 Å². The number of rotatable bonds is 6. The molecule has 0 aromatic carbocycles. The van der Waals surface area contributed by atoms with Crippen LogP contribution in [-0.2, 0) is 4.79 Å². The molecule has 22 heavy (non-hydrogen) atoms. The highest BCUT2D eigenvalue weighted by atomic mass is 16.2. The Morgan fingerprint density at radius 2 is 2.09 bits per heavy atom. The van der Waals surface area contributed by atoms with Crippen molar-refractivity contribution >= 4 is 11.9 Å². The fourth-order valence-electron chi connectivity index (χ4n) is 3.22. The van der Waals surface area contributed by atoms with Gasteiger partial charge in [0.25, 0.3) is 0 Å². The third-order valence-electron chi connectivity index (χ3n) is 4.10. The first-order chi connectivity index (χ1) is 10.3. The zero-order valence-electron chi connectivity index (χ0n) is 15.2. The average Bonchev–Trinajstić information content (AvgIpc) is 2.89. The summed E-state index contributed by atoms with van der Waals surface area (Å²) in [5, 5.41) is 6.88. The van der Waals surface area contributed by atoms with Crippen LogP contribution < -0.4 is 10.6 Å². The third-order valence-corrected chi connectivity index (χ3v) is 4.10. The van der Waals surface area contributed by atoms with E-state index in [0.29, 0.717) is 18.4 Å². The van der Waals surface area contributed by atoms with Crippen LogP contribution in [0.2, 0.25) is 0 Å². The molecular weight excluding hydrogens is 276 g/mol. The molecule has 0 saturated carbocycles. The average molecular weight is 310 g/mol. The number of carbonyl (C=O) groups excluding carboxylic acids is 1. The number of guanidine groups is 1. The summed E-state index contributed by atoms with van der Waals surface area (Å²) in [6, 6.07) is 0.301. The topological polar surface area (TPSA) is 56.7 Å². The molecule has 1 saturated heterocycles. The summed E-state index contributed by atoms with van der Waals surface area (Å²) < 4.78 is 0. The Bertz CT molecular complexity index is 390. The first-order valence-corrected chi connectivity index (χ1v) is 8.52. The molecular formula is C17H34N4O. The monoisotopic (exact) mass is 310 g/mol. The SMILES string of the molecule is CCC(=O)N1CCC(NC(=NC)NCC(C)(C)CC(C)C)C1. The highest BCUT2D eigenvalue weighted by Gasteiger charge is 2.26. The van der Waals surface area contributed by atoms with E-state index in [-0.39, 0.29) is 11.3 Å². The lowest BCUT2D eigenvalue weighted by atomic mass is 9.84. The van der Waals surface area contributed by atoms with E-state index in [1.54, 1.807) is 7.05 Å². The minimum Gasteiger partial charge on any atom is -0.356 e. The zero-order valence-corrected chi connectivity index (χ0v) is 15.2. The predicted octanol–water partition coefficient (Wildman–Crippen LogP) is 2.23. The van der Waals surface area contributed by atoms with Gasteiger partial charge in [-0.3, -0.25) is 9.79 Å².